The molecular formula is C25H26N4O3S. The summed E-state index contributed by atoms with van der Waals surface area (Å²) in [6.07, 6.45) is 3.20. The predicted octanol–water partition coefficient (Wildman–Crippen LogP) is 4.35. The molecule has 1 amide bonds. The summed E-state index contributed by atoms with van der Waals surface area (Å²) in [5, 5.41) is 2.48. The topological polar surface area (TPSA) is 105 Å². The molecule has 0 unspecified atom stereocenters. The number of rotatable bonds is 6. The van der Waals surface area contributed by atoms with Gasteiger partial charge in [-0.15, -0.1) is 0 Å². The van der Waals surface area contributed by atoms with Crippen molar-refractivity contribution >= 4 is 26.9 Å². The number of nitrogens with one attached hydrogen (secondary N) is 2. The van der Waals surface area contributed by atoms with E-state index in [1.54, 1.807) is 50.5 Å². The molecule has 2 aromatic heterocycles. The number of nitrogens with zero attached hydrogens (tertiary/aromatic N) is 2. The van der Waals surface area contributed by atoms with Crippen LogP contribution >= 0.6 is 0 Å². The van der Waals surface area contributed by atoms with Crippen molar-refractivity contribution in [1.82, 2.24) is 20.3 Å². The lowest BCUT2D eigenvalue weighted by atomic mass is 10.0. The molecule has 2 N–H and O–H groups in total. The lowest BCUT2D eigenvalue weighted by Crippen LogP contribution is -2.23. The third-order valence-corrected chi connectivity index (χ3v) is 7.97. The van der Waals surface area contributed by atoms with Crippen molar-refractivity contribution in [1.29, 1.82) is 0 Å². The normalized spacial score (nSPS) is 11.8. The Morgan fingerprint density at radius 3 is 2.36 bits per heavy atom. The SMILES string of the molecule is Cc1cccc(C)c1CNC(=O)c1c[nH]c2ncc(-c3ccc(S(=O)(=O)C(C)C)cc3)nc12. The van der Waals surface area contributed by atoms with E-state index in [-0.39, 0.29) is 10.8 Å². The lowest BCUT2D eigenvalue weighted by molar-refractivity contribution is 0.0952. The Kier molecular flexibility index (Phi) is 6.03. The van der Waals surface area contributed by atoms with Gasteiger partial charge in [-0.3, -0.25) is 4.79 Å². The standard InChI is InChI=1S/C25H26N4O3S/c1-15(2)33(31,32)19-10-8-18(9-11-19)22-14-27-24-23(29-22)21(13-26-24)25(30)28-12-20-16(3)6-5-7-17(20)4/h5-11,13-15H,12H2,1-4H3,(H,26,27)(H,28,30). The van der Waals surface area contributed by atoms with E-state index in [1.165, 1.54) is 0 Å². The summed E-state index contributed by atoms with van der Waals surface area (Å²) in [6, 6.07) is 12.6. The number of carbonyl (C=O) groups excluding carboxylic acids is 1. The van der Waals surface area contributed by atoms with Gasteiger partial charge in [0.25, 0.3) is 5.91 Å². The Hall–Kier alpha value is -3.52. The summed E-state index contributed by atoms with van der Waals surface area (Å²) in [5.74, 6) is -0.242. The molecule has 0 aliphatic heterocycles. The third-order valence-electron chi connectivity index (χ3n) is 5.79. The van der Waals surface area contributed by atoms with Gasteiger partial charge >= 0.3 is 0 Å². The van der Waals surface area contributed by atoms with E-state index in [4.69, 9.17) is 0 Å². The highest BCUT2D eigenvalue weighted by Gasteiger charge is 2.20. The fourth-order valence-corrected chi connectivity index (χ4v) is 4.74. The number of hydrogen-bond donors (Lipinski definition) is 2. The lowest BCUT2D eigenvalue weighted by Gasteiger charge is -2.11. The van der Waals surface area contributed by atoms with Gasteiger partial charge in [-0.1, -0.05) is 30.3 Å². The first-order valence-electron chi connectivity index (χ1n) is 10.7. The monoisotopic (exact) mass is 462 g/mol. The number of amides is 1. The molecule has 0 atom stereocenters. The van der Waals surface area contributed by atoms with Crippen molar-refractivity contribution in [3.8, 4) is 11.3 Å². The number of carbonyl (C=O) groups is 1. The highest BCUT2D eigenvalue weighted by molar-refractivity contribution is 7.92. The first kappa shape index (κ1) is 22.7. The Balaban J connectivity index is 1.61. The molecule has 0 saturated heterocycles. The number of fused-ring (bicyclic) bond motifs is 1. The summed E-state index contributed by atoms with van der Waals surface area (Å²) in [7, 11) is -3.35. The van der Waals surface area contributed by atoms with E-state index >= 15 is 0 Å². The van der Waals surface area contributed by atoms with E-state index in [1.807, 2.05) is 32.0 Å². The molecule has 2 aromatic carbocycles. The van der Waals surface area contributed by atoms with Crippen LogP contribution in [0.15, 0.2) is 59.8 Å². The van der Waals surface area contributed by atoms with Crippen molar-refractivity contribution in [2.24, 2.45) is 0 Å². The van der Waals surface area contributed by atoms with Crippen LogP contribution in [0.2, 0.25) is 0 Å². The number of H-pyrrole nitrogens is 1. The zero-order valence-electron chi connectivity index (χ0n) is 19.0. The summed E-state index contributed by atoms with van der Waals surface area (Å²) in [6.45, 7) is 7.78. The second-order valence-corrected chi connectivity index (χ2v) is 10.8. The Labute approximate surface area is 193 Å². The van der Waals surface area contributed by atoms with E-state index in [0.717, 1.165) is 22.3 Å². The van der Waals surface area contributed by atoms with E-state index in [9.17, 15) is 13.2 Å². The van der Waals surface area contributed by atoms with Gasteiger partial charge in [0, 0.05) is 18.3 Å². The van der Waals surface area contributed by atoms with Crippen LogP contribution in [0.25, 0.3) is 22.4 Å². The second-order valence-electron chi connectivity index (χ2n) is 8.33. The summed E-state index contributed by atoms with van der Waals surface area (Å²) < 4.78 is 24.7. The first-order chi connectivity index (χ1) is 15.7. The molecule has 0 saturated carbocycles. The van der Waals surface area contributed by atoms with Gasteiger partial charge in [0.05, 0.1) is 27.6 Å². The molecule has 170 valence electrons. The van der Waals surface area contributed by atoms with Crippen LogP contribution in [-0.4, -0.2) is 34.5 Å². The van der Waals surface area contributed by atoms with E-state index < -0.39 is 15.1 Å². The fraction of sp³-hybridized carbons (Fsp3) is 0.240. The first-order valence-corrected chi connectivity index (χ1v) is 12.2. The smallest absolute Gasteiger partial charge is 0.255 e. The van der Waals surface area contributed by atoms with Crippen molar-refractivity contribution in [3.63, 3.8) is 0 Å². The van der Waals surface area contributed by atoms with Gasteiger partial charge in [-0.25, -0.2) is 18.4 Å². The molecule has 0 aliphatic rings. The highest BCUT2D eigenvalue weighted by atomic mass is 32.2. The van der Waals surface area contributed by atoms with Crippen LogP contribution in [0.4, 0.5) is 0 Å². The highest BCUT2D eigenvalue weighted by Crippen LogP contribution is 2.24. The van der Waals surface area contributed by atoms with Gasteiger partial charge in [-0.05, 0) is 56.5 Å². The Morgan fingerprint density at radius 1 is 1.06 bits per heavy atom. The second kappa shape index (κ2) is 8.78. The maximum absolute atomic E-state index is 12.9. The predicted molar refractivity (Wildman–Crippen MR) is 129 cm³/mol. The molecule has 8 heteroatoms. The zero-order valence-corrected chi connectivity index (χ0v) is 19.8. The third kappa shape index (κ3) is 4.39. The quantitative estimate of drug-likeness (QED) is 0.443. The Bertz CT molecular complexity index is 1420. The summed E-state index contributed by atoms with van der Waals surface area (Å²) >= 11 is 0. The molecule has 0 spiro atoms. The van der Waals surface area contributed by atoms with Crippen molar-refractivity contribution in [2.45, 2.75) is 44.4 Å². The summed E-state index contributed by atoms with van der Waals surface area (Å²) in [5.41, 5.74) is 5.99. The molecular weight excluding hydrogens is 436 g/mol. The number of aryl methyl sites for hydroxylation is 2. The van der Waals surface area contributed by atoms with Gasteiger partial charge in [0.15, 0.2) is 15.5 Å². The molecule has 0 bridgehead atoms. The molecule has 4 rings (SSSR count). The van der Waals surface area contributed by atoms with Crippen LogP contribution in [0, 0.1) is 13.8 Å². The van der Waals surface area contributed by atoms with Crippen molar-refractivity contribution < 1.29 is 13.2 Å². The molecule has 0 radical (unpaired) electrons. The van der Waals surface area contributed by atoms with Gasteiger partial charge < -0.3 is 10.3 Å². The van der Waals surface area contributed by atoms with Gasteiger partial charge in [0.2, 0.25) is 0 Å². The average Bonchev–Trinajstić information content (AvgIpc) is 3.22. The maximum atomic E-state index is 12.9. The summed E-state index contributed by atoms with van der Waals surface area (Å²) in [4.78, 5) is 25.2. The fourth-order valence-electron chi connectivity index (χ4n) is 3.68. The van der Waals surface area contributed by atoms with Crippen molar-refractivity contribution in [2.75, 3.05) is 0 Å². The van der Waals surface area contributed by atoms with E-state index in [2.05, 4.69) is 20.3 Å². The molecule has 7 nitrogen and oxygen atoms in total. The Morgan fingerprint density at radius 2 is 1.73 bits per heavy atom. The van der Waals surface area contributed by atoms with Gasteiger partial charge in [0.1, 0.15) is 5.52 Å². The molecule has 33 heavy (non-hydrogen) atoms. The molecule has 0 fully saturated rings. The van der Waals surface area contributed by atoms with Crippen LogP contribution in [0.3, 0.4) is 0 Å². The van der Waals surface area contributed by atoms with Crippen LogP contribution in [0.5, 0.6) is 0 Å². The number of aromatic amines is 1. The minimum absolute atomic E-state index is 0.242. The number of benzene rings is 2. The van der Waals surface area contributed by atoms with Gasteiger partial charge in [-0.2, -0.15) is 0 Å². The number of aromatic nitrogens is 3. The number of sulfone groups is 1. The molecule has 0 aliphatic carbocycles. The minimum atomic E-state index is -3.35. The molecule has 4 aromatic rings. The van der Waals surface area contributed by atoms with Crippen molar-refractivity contribution in [3.05, 3.63) is 77.1 Å². The molecule has 2 heterocycles. The van der Waals surface area contributed by atoms with Crippen LogP contribution in [-0.2, 0) is 16.4 Å². The van der Waals surface area contributed by atoms with Crippen LogP contribution in [0.1, 0.15) is 40.9 Å². The number of hydrogen-bond acceptors (Lipinski definition) is 5. The van der Waals surface area contributed by atoms with E-state index in [0.29, 0.717) is 29.0 Å². The largest absolute Gasteiger partial charge is 0.348 e. The maximum Gasteiger partial charge on any atom is 0.255 e. The zero-order chi connectivity index (χ0) is 23.8. The van der Waals surface area contributed by atoms with Crippen LogP contribution < -0.4 is 5.32 Å². The minimum Gasteiger partial charge on any atom is -0.348 e. The average molecular weight is 463 g/mol.